The lowest BCUT2D eigenvalue weighted by atomic mass is 10.1. The first kappa shape index (κ1) is 17.2. The summed E-state index contributed by atoms with van der Waals surface area (Å²) in [5.41, 5.74) is 5.60. The Bertz CT molecular complexity index is 965. The number of benzene rings is 2. The molecular formula is C20H16ClN3S. The number of hydrogen-bond donors (Lipinski definition) is 1. The van der Waals surface area contributed by atoms with Gasteiger partial charge in [-0.05, 0) is 43.2 Å². The molecule has 0 saturated heterocycles. The van der Waals surface area contributed by atoms with Crippen LogP contribution in [0.15, 0.2) is 54.0 Å². The summed E-state index contributed by atoms with van der Waals surface area (Å²) in [6.45, 7) is 4.07. The van der Waals surface area contributed by atoms with Gasteiger partial charge in [0.25, 0.3) is 0 Å². The van der Waals surface area contributed by atoms with Crippen molar-refractivity contribution in [2.75, 3.05) is 5.32 Å². The highest BCUT2D eigenvalue weighted by molar-refractivity contribution is 7.11. The first-order valence-electron chi connectivity index (χ1n) is 7.73. The summed E-state index contributed by atoms with van der Waals surface area (Å²) in [7, 11) is 0. The molecule has 0 aliphatic heterocycles. The quantitative estimate of drug-likeness (QED) is 0.572. The molecule has 1 heterocycles. The van der Waals surface area contributed by atoms with Crippen LogP contribution in [0, 0.1) is 25.2 Å². The molecule has 3 nitrogen and oxygen atoms in total. The zero-order chi connectivity index (χ0) is 17.8. The number of halogens is 1. The molecule has 1 aromatic heterocycles. The molecule has 0 radical (unpaired) electrons. The molecule has 0 unspecified atom stereocenters. The van der Waals surface area contributed by atoms with E-state index >= 15 is 0 Å². The largest absolute Gasteiger partial charge is 0.360 e. The maximum Gasteiger partial charge on any atom is 0.136 e. The molecule has 3 rings (SSSR count). The van der Waals surface area contributed by atoms with Crippen molar-refractivity contribution >= 4 is 34.2 Å². The first-order valence-corrected chi connectivity index (χ1v) is 8.98. The summed E-state index contributed by atoms with van der Waals surface area (Å²) in [5, 5.41) is 16.0. The Balaban J connectivity index is 1.85. The maximum absolute atomic E-state index is 9.49. The highest BCUT2D eigenvalue weighted by Gasteiger charge is 2.09. The molecule has 0 aliphatic carbocycles. The number of aryl methyl sites for hydroxylation is 2. The molecule has 0 spiro atoms. The van der Waals surface area contributed by atoms with E-state index in [-0.39, 0.29) is 0 Å². The highest BCUT2D eigenvalue weighted by atomic mass is 35.5. The third-order valence-corrected chi connectivity index (χ3v) is 4.89. The van der Waals surface area contributed by atoms with E-state index in [0.29, 0.717) is 15.6 Å². The fourth-order valence-corrected chi connectivity index (χ4v) is 3.25. The number of nitrogens with zero attached hydrogens (tertiary/aromatic N) is 2. The number of nitriles is 1. The van der Waals surface area contributed by atoms with Crippen molar-refractivity contribution in [2.45, 2.75) is 13.8 Å². The Morgan fingerprint density at radius 3 is 2.68 bits per heavy atom. The van der Waals surface area contributed by atoms with Gasteiger partial charge in [0, 0.05) is 27.9 Å². The maximum atomic E-state index is 9.49. The van der Waals surface area contributed by atoms with Crippen molar-refractivity contribution in [3.05, 3.63) is 75.2 Å². The predicted molar refractivity (Wildman–Crippen MR) is 106 cm³/mol. The van der Waals surface area contributed by atoms with Gasteiger partial charge in [-0.15, -0.1) is 11.3 Å². The zero-order valence-corrected chi connectivity index (χ0v) is 15.4. The van der Waals surface area contributed by atoms with E-state index in [2.05, 4.69) is 34.6 Å². The summed E-state index contributed by atoms with van der Waals surface area (Å²) >= 11 is 7.37. The smallest absolute Gasteiger partial charge is 0.136 e. The van der Waals surface area contributed by atoms with Crippen LogP contribution in [-0.4, -0.2) is 4.98 Å². The average Bonchev–Trinajstić information content (AvgIpc) is 3.09. The summed E-state index contributed by atoms with van der Waals surface area (Å²) in [6, 6.07) is 15.9. The predicted octanol–water partition coefficient (Wildman–Crippen LogP) is 6.06. The second kappa shape index (κ2) is 7.52. The fourth-order valence-electron chi connectivity index (χ4n) is 2.33. The molecule has 0 fully saturated rings. The molecule has 124 valence electrons. The van der Waals surface area contributed by atoms with Crippen molar-refractivity contribution < 1.29 is 0 Å². The Kier molecular flexibility index (Phi) is 5.18. The summed E-state index contributed by atoms with van der Waals surface area (Å²) < 4.78 is 0. The van der Waals surface area contributed by atoms with Crippen LogP contribution in [0.3, 0.4) is 0 Å². The Hall–Kier alpha value is -2.61. The minimum Gasteiger partial charge on any atom is -0.360 e. The molecule has 0 saturated carbocycles. The van der Waals surface area contributed by atoms with E-state index in [1.54, 1.807) is 6.20 Å². The topological polar surface area (TPSA) is 48.7 Å². The minimum absolute atomic E-state index is 0.506. The van der Waals surface area contributed by atoms with Crippen molar-refractivity contribution in [2.24, 2.45) is 0 Å². The van der Waals surface area contributed by atoms with Gasteiger partial charge in [0.2, 0.25) is 0 Å². The Morgan fingerprint density at radius 2 is 1.96 bits per heavy atom. The van der Waals surface area contributed by atoms with Gasteiger partial charge >= 0.3 is 0 Å². The number of thiazole rings is 1. The number of anilines is 1. The zero-order valence-electron chi connectivity index (χ0n) is 13.9. The second-order valence-electron chi connectivity index (χ2n) is 5.68. The standard InChI is InChI=1S/C20H16ClN3S/c1-13-3-4-14(2)18(9-13)23-11-16(10-22)20-24-19(12-25-20)15-5-7-17(21)8-6-15/h3-9,11-12,23H,1-2H3. The van der Waals surface area contributed by atoms with Crippen LogP contribution in [0.1, 0.15) is 16.1 Å². The van der Waals surface area contributed by atoms with Crippen LogP contribution >= 0.6 is 22.9 Å². The highest BCUT2D eigenvalue weighted by Crippen LogP contribution is 2.27. The SMILES string of the molecule is Cc1ccc(C)c(NC=C(C#N)c2nc(-c3ccc(Cl)cc3)cs2)c1. The molecule has 5 heteroatoms. The minimum atomic E-state index is 0.506. The van der Waals surface area contributed by atoms with Gasteiger partial charge in [-0.3, -0.25) is 0 Å². The van der Waals surface area contributed by atoms with Crippen LogP contribution < -0.4 is 5.32 Å². The van der Waals surface area contributed by atoms with Gasteiger partial charge in [-0.1, -0.05) is 35.9 Å². The van der Waals surface area contributed by atoms with Gasteiger partial charge in [-0.2, -0.15) is 5.26 Å². The van der Waals surface area contributed by atoms with E-state index in [0.717, 1.165) is 22.5 Å². The Morgan fingerprint density at radius 1 is 1.20 bits per heavy atom. The van der Waals surface area contributed by atoms with Crippen molar-refractivity contribution in [1.82, 2.24) is 4.98 Å². The lowest BCUT2D eigenvalue weighted by Gasteiger charge is -2.06. The van der Waals surface area contributed by atoms with Gasteiger partial charge in [0.1, 0.15) is 16.6 Å². The van der Waals surface area contributed by atoms with Crippen molar-refractivity contribution in [3.8, 4) is 17.3 Å². The molecule has 25 heavy (non-hydrogen) atoms. The molecule has 0 atom stereocenters. The lowest BCUT2D eigenvalue weighted by molar-refractivity contribution is 1.35. The summed E-state index contributed by atoms with van der Waals surface area (Å²) in [5.74, 6) is 0. The van der Waals surface area contributed by atoms with E-state index in [4.69, 9.17) is 11.6 Å². The molecular weight excluding hydrogens is 350 g/mol. The molecule has 3 aromatic rings. The van der Waals surface area contributed by atoms with Gasteiger partial charge < -0.3 is 5.32 Å². The van der Waals surface area contributed by atoms with Gasteiger partial charge in [0.05, 0.1) is 5.69 Å². The van der Waals surface area contributed by atoms with E-state index in [1.165, 1.54) is 16.9 Å². The average molecular weight is 366 g/mol. The third-order valence-electron chi connectivity index (χ3n) is 3.76. The molecule has 1 N–H and O–H groups in total. The van der Waals surface area contributed by atoms with E-state index in [1.807, 2.05) is 43.5 Å². The molecule has 2 aromatic carbocycles. The van der Waals surface area contributed by atoms with Crippen molar-refractivity contribution in [3.63, 3.8) is 0 Å². The lowest BCUT2D eigenvalue weighted by Crippen LogP contribution is -1.94. The normalized spacial score (nSPS) is 11.2. The first-order chi connectivity index (χ1) is 12.1. The Labute approximate surface area is 156 Å². The van der Waals surface area contributed by atoms with Crippen LogP contribution in [0.4, 0.5) is 5.69 Å². The van der Waals surface area contributed by atoms with Crippen LogP contribution in [0.5, 0.6) is 0 Å². The molecule has 0 aliphatic rings. The fraction of sp³-hybridized carbons (Fsp3) is 0.100. The van der Waals surface area contributed by atoms with Crippen molar-refractivity contribution in [1.29, 1.82) is 5.26 Å². The van der Waals surface area contributed by atoms with E-state index in [9.17, 15) is 5.26 Å². The number of aromatic nitrogens is 1. The number of allylic oxidation sites excluding steroid dienone is 1. The number of hydrogen-bond acceptors (Lipinski definition) is 4. The number of rotatable bonds is 4. The van der Waals surface area contributed by atoms with Crippen LogP contribution in [0.25, 0.3) is 16.8 Å². The monoisotopic (exact) mass is 365 g/mol. The molecule has 0 amide bonds. The van der Waals surface area contributed by atoms with Crippen LogP contribution in [-0.2, 0) is 0 Å². The van der Waals surface area contributed by atoms with Crippen LogP contribution in [0.2, 0.25) is 5.02 Å². The van der Waals surface area contributed by atoms with E-state index < -0.39 is 0 Å². The van der Waals surface area contributed by atoms with Gasteiger partial charge in [-0.25, -0.2) is 4.98 Å². The summed E-state index contributed by atoms with van der Waals surface area (Å²) in [4.78, 5) is 4.58. The second-order valence-corrected chi connectivity index (χ2v) is 6.97. The van der Waals surface area contributed by atoms with Gasteiger partial charge in [0.15, 0.2) is 0 Å². The number of nitrogens with one attached hydrogen (secondary N) is 1. The summed E-state index contributed by atoms with van der Waals surface area (Å²) in [6.07, 6.45) is 1.71. The molecule has 0 bridgehead atoms. The third kappa shape index (κ3) is 4.08.